The van der Waals surface area contributed by atoms with E-state index in [1.165, 1.54) is 109 Å². The van der Waals surface area contributed by atoms with Gasteiger partial charge in [-0.25, -0.2) is 0 Å². The van der Waals surface area contributed by atoms with E-state index in [2.05, 4.69) is 208 Å². The first-order chi connectivity index (χ1) is 29.5. The molecule has 0 radical (unpaired) electrons. The van der Waals surface area contributed by atoms with Gasteiger partial charge in [-0.3, -0.25) is 0 Å². The summed E-state index contributed by atoms with van der Waals surface area (Å²) in [5, 5.41) is 14.7. The zero-order valence-electron chi connectivity index (χ0n) is 33.4. The van der Waals surface area contributed by atoms with Crippen LogP contribution in [0.15, 0.2) is 199 Å². The molecule has 0 bridgehead atoms. The maximum absolute atomic E-state index is 7.00. The molecule has 0 N–H and O–H groups in total. The van der Waals surface area contributed by atoms with E-state index in [-0.39, 0.29) is 5.41 Å². The van der Waals surface area contributed by atoms with Crippen LogP contribution in [0.4, 0.5) is 0 Å². The molecule has 0 amide bonds. The monoisotopic (exact) mass is 762 g/mol. The van der Waals surface area contributed by atoms with Crippen LogP contribution in [0.25, 0.3) is 120 Å². The highest BCUT2D eigenvalue weighted by Gasteiger charge is 2.39. The van der Waals surface area contributed by atoms with Gasteiger partial charge < -0.3 is 4.42 Å². The van der Waals surface area contributed by atoms with Crippen molar-refractivity contribution in [2.24, 2.45) is 0 Å². The Kier molecular flexibility index (Phi) is 6.85. The summed E-state index contributed by atoms with van der Waals surface area (Å²) in [6.45, 7) is 4.74. The Morgan fingerprint density at radius 3 is 1.55 bits per heavy atom. The molecule has 60 heavy (non-hydrogen) atoms. The molecule has 0 spiro atoms. The molecule has 280 valence electrons. The summed E-state index contributed by atoms with van der Waals surface area (Å²) in [6.07, 6.45) is 0. The lowest BCUT2D eigenvalue weighted by molar-refractivity contribution is 0.650. The molecule has 11 aromatic carbocycles. The highest BCUT2D eigenvalue weighted by Crippen LogP contribution is 2.56. The number of rotatable bonds is 3. The molecule has 1 aromatic heterocycles. The quantitative estimate of drug-likeness (QED) is 0.163. The lowest BCUT2D eigenvalue weighted by Gasteiger charge is -2.25. The van der Waals surface area contributed by atoms with Crippen LogP contribution in [0.2, 0.25) is 0 Å². The predicted molar refractivity (Wildman–Crippen MR) is 255 cm³/mol. The Bertz CT molecular complexity index is 3740. The van der Waals surface area contributed by atoms with Crippen LogP contribution in [0.3, 0.4) is 0 Å². The average Bonchev–Trinajstić information content (AvgIpc) is 3.76. The summed E-state index contributed by atoms with van der Waals surface area (Å²) in [4.78, 5) is 0. The van der Waals surface area contributed by atoms with Crippen molar-refractivity contribution in [3.63, 3.8) is 0 Å². The van der Waals surface area contributed by atoms with Crippen molar-refractivity contribution < 1.29 is 4.42 Å². The largest absolute Gasteiger partial charge is 0.455 e. The zero-order valence-corrected chi connectivity index (χ0v) is 33.4. The first-order valence-corrected chi connectivity index (χ1v) is 21.0. The van der Waals surface area contributed by atoms with Crippen LogP contribution in [-0.4, -0.2) is 0 Å². The Balaban J connectivity index is 1.03. The molecule has 0 aliphatic heterocycles. The third-order valence-corrected chi connectivity index (χ3v) is 13.6. The maximum atomic E-state index is 7.00. The normalized spacial score (nSPS) is 13.3. The van der Waals surface area contributed by atoms with Crippen molar-refractivity contribution in [3.8, 4) is 44.5 Å². The van der Waals surface area contributed by atoms with E-state index in [1.807, 2.05) is 0 Å². The SMILES string of the molecule is CC1(C)c2ccccc2-c2cc3c(oc4cc5ccccc5cc43)c(-c3ccc4cc(-c5c6ccccc6c(-c6cccc7ccccc67)c6ccccc56)ccc4c3)c21. The van der Waals surface area contributed by atoms with Crippen molar-refractivity contribution in [3.05, 3.63) is 205 Å². The highest BCUT2D eigenvalue weighted by molar-refractivity contribution is 6.24. The molecule has 13 rings (SSSR count). The van der Waals surface area contributed by atoms with Gasteiger partial charge >= 0.3 is 0 Å². The topological polar surface area (TPSA) is 13.1 Å². The van der Waals surface area contributed by atoms with Crippen molar-refractivity contribution in [1.82, 2.24) is 0 Å². The van der Waals surface area contributed by atoms with Crippen LogP contribution >= 0.6 is 0 Å². The Morgan fingerprint density at radius 1 is 0.333 bits per heavy atom. The number of hydrogen-bond donors (Lipinski definition) is 0. The molecule has 0 atom stereocenters. The summed E-state index contributed by atoms with van der Waals surface area (Å²) in [6, 6.07) is 71.9. The van der Waals surface area contributed by atoms with Crippen LogP contribution in [0.5, 0.6) is 0 Å². The molecule has 12 aromatic rings. The van der Waals surface area contributed by atoms with E-state index < -0.39 is 0 Å². The highest BCUT2D eigenvalue weighted by atomic mass is 16.3. The molecule has 1 heterocycles. The molecule has 1 heteroatoms. The molecule has 1 aliphatic rings. The zero-order chi connectivity index (χ0) is 39.7. The number of benzene rings is 11. The van der Waals surface area contributed by atoms with Gasteiger partial charge in [0.15, 0.2) is 0 Å². The lowest BCUT2D eigenvalue weighted by Crippen LogP contribution is -2.16. The van der Waals surface area contributed by atoms with Gasteiger partial charge in [-0.05, 0) is 134 Å². The van der Waals surface area contributed by atoms with Gasteiger partial charge in [0.05, 0.1) is 0 Å². The van der Waals surface area contributed by atoms with Crippen LogP contribution in [-0.2, 0) is 5.41 Å². The third kappa shape index (κ3) is 4.63. The predicted octanol–water partition coefficient (Wildman–Crippen LogP) is 16.7. The van der Waals surface area contributed by atoms with E-state index in [9.17, 15) is 0 Å². The standard InChI is InChI=1S/C59H38O/c1-59(2)52-25-12-11-19-43(52)50-34-51-49-32-36-15-3-4-16-37(36)33-53(49)60-58(51)55(57(50)59)41-29-27-38-30-40(28-26-39(38)31-41)54-45-20-7-9-22-47(45)56(48-23-10-8-21-46(48)54)44-24-13-17-35-14-5-6-18-42(35)44/h3-34H,1-2H3. The molecule has 0 saturated carbocycles. The summed E-state index contributed by atoms with van der Waals surface area (Å²) in [7, 11) is 0. The van der Waals surface area contributed by atoms with E-state index in [0.717, 1.165) is 21.9 Å². The fourth-order valence-corrected chi connectivity index (χ4v) is 10.9. The Hall–Kier alpha value is -7.48. The molecular weight excluding hydrogens is 725 g/mol. The molecule has 1 aliphatic carbocycles. The Labute approximate surface area is 347 Å². The van der Waals surface area contributed by atoms with E-state index in [1.54, 1.807) is 0 Å². The van der Waals surface area contributed by atoms with Gasteiger partial charge in [0.25, 0.3) is 0 Å². The van der Waals surface area contributed by atoms with Gasteiger partial charge in [-0.1, -0.05) is 178 Å². The summed E-state index contributed by atoms with van der Waals surface area (Å²) in [5.41, 5.74) is 14.4. The van der Waals surface area contributed by atoms with Crippen LogP contribution < -0.4 is 0 Å². The first-order valence-electron chi connectivity index (χ1n) is 21.0. The Morgan fingerprint density at radius 2 is 0.850 bits per heavy atom. The minimum absolute atomic E-state index is 0.210. The van der Waals surface area contributed by atoms with Crippen LogP contribution in [0.1, 0.15) is 25.0 Å². The minimum atomic E-state index is -0.210. The third-order valence-electron chi connectivity index (χ3n) is 13.6. The molecule has 0 unspecified atom stereocenters. The van der Waals surface area contributed by atoms with Gasteiger partial charge in [-0.15, -0.1) is 0 Å². The second kappa shape index (κ2) is 12.3. The summed E-state index contributed by atoms with van der Waals surface area (Å²) in [5.74, 6) is 0. The smallest absolute Gasteiger partial charge is 0.143 e. The van der Waals surface area contributed by atoms with Crippen LogP contribution in [0, 0.1) is 0 Å². The van der Waals surface area contributed by atoms with Crippen molar-refractivity contribution in [2.75, 3.05) is 0 Å². The lowest BCUT2D eigenvalue weighted by atomic mass is 9.78. The number of fused-ring (bicyclic) bond motifs is 11. The number of hydrogen-bond acceptors (Lipinski definition) is 1. The second-order valence-corrected chi connectivity index (χ2v) is 17.2. The second-order valence-electron chi connectivity index (χ2n) is 17.2. The van der Waals surface area contributed by atoms with Gasteiger partial charge in [-0.2, -0.15) is 0 Å². The van der Waals surface area contributed by atoms with Crippen molar-refractivity contribution in [2.45, 2.75) is 19.3 Å². The van der Waals surface area contributed by atoms with Crippen molar-refractivity contribution in [1.29, 1.82) is 0 Å². The minimum Gasteiger partial charge on any atom is -0.455 e. The average molecular weight is 763 g/mol. The molecule has 1 nitrogen and oxygen atoms in total. The summed E-state index contributed by atoms with van der Waals surface area (Å²) < 4.78 is 7.00. The van der Waals surface area contributed by atoms with E-state index in [4.69, 9.17) is 4.42 Å². The molecule has 0 fully saturated rings. The van der Waals surface area contributed by atoms with Crippen molar-refractivity contribution >= 4 is 75.8 Å². The van der Waals surface area contributed by atoms with Gasteiger partial charge in [0.2, 0.25) is 0 Å². The van der Waals surface area contributed by atoms with Gasteiger partial charge in [0.1, 0.15) is 11.2 Å². The van der Waals surface area contributed by atoms with E-state index >= 15 is 0 Å². The van der Waals surface area contributed by atoms with E-state index in [0.29, 0.717) is 0 Å². The van der Waals surface area contributed by atoms with Gasteiger partial charge in [0, 0.05) is 21.8 Å². The fraction of sp³-hybridized carbons (Fsp3) is 0.0508. The summed E-state index contributed by atoms with van der Waals surface area (Å²) >= 11 is 0. The molecular formula is C59H38O. The fourth-order valence-electron chi connectivity index (χ4n) is 10.9. The molecule has 0 saturated heterocycles. The maximum Gasteiger partial charge on any atom is 0.143 e. The number of furan rings is 1. The first kappa shape index (κ1) is 33.5.